The molecule has 6 heteroatoms. The van der Waals surface area contributed by atoms with Crippen LogP contribution in [-0.2, 0) is 22.6 Å². The first kappa shape index (κ1) is 22.8. The van der Waals surface area contributed by atoms with Gasteiger partial charge in [0.15, 0.2) is 0 Å². The average Bonchev–Trinajstić information content (AvgIpc) is 2.98. The average molecular weight is 439 g/mol. The van der Waals surface area contributed by atoms with E-state index in [-0.39, 0.29) is 17.7 Å². The highest BCUT2D eigenvalue weighted by atomic mass is 16.2. The number of nitrogens with zero attached hydrogens (tertiary/aromatic N) is 3. The molecule has 1 saturated heterocycles. The first-order chi connectivity index (χ1) is 15.7. The van der Waals surface area contributed by atoms with E-state index in [9.17, 15) is 9.59 Å². The van der Waals surface area contributed by atoms with Gasteiger partial charge in [0.2, 0.25) is 11.8 Å². The highest BCUT2D eigenvalue weighted by molar-refractivity contribution is 5.79. The van der Waals surface area contributed by atoms with Crippen LogP contribution in [0.2, 0.25) is 0 Å². The van der Waals surface area contributed by atoms with Crippen molar-refractivity contribution in [1.29, 1.82) is 0 Å². The van der Waals surface area contributed by atoms with E-state index in [0.717, 1.165) is 68.5 Å². The SMILES string of the molecule is O=C(NCCCc1nc2ccccc2n1CCC(=O)N1CCCCCC1)C1CCCCC1. The summed E-state index contributed by atoms with van der Waals surface area (Å²) in [4.78, 5) is 32.1. The van der Waals surface area contributed by atoms with E-state index in [2.05, 4.69) is 16.0 Å². The summed E-state index contributed by atoms with van der Waals surface area (Å²) in [5.41, 5.74) is 2.08. The number of aryl methyl sites for hydroxylation is 2. The van der Waals surface area contributed by atoms with Crippen molar-refractivity contribution in [3.8, 4) is 0 Å². The third-order valence-corrected chi connectivity index (χ3v) is 7.09. The standard InChI is InChI=1S/C26H38N4O2/c31-25(29-18-8-1-2-9-19-29)16-20-30-23-14-7-6-13-22(23)28-24(30)15-10-17-27-26(32)21-11-4-3-5-12-21/h6-7,13-14,21H,1-5,8-12,15-20H2,(H,27,32). The number of hydrogen-bond donors (Lipinski definition) is 1. The van der Waals surface area contributed by atoms with Gasteiger partial charge in [0, 0.05) is 44.9 Å². The van der Waals surface area contributed by atoms with Crippen LogP contribution in [0.3, 0.4) is 0 Å². The number of nitrogens with one attached hydrogen (secondary N) is 1. The summed E-state index contributed by atoms with van der Waals surface area (Å²) in [5, 5.41) is 3.14. The lowest BCUT2D eigenvalue weighted by molar-refractivity contribution is -0.131. The number of para-hydroxylation sites is 2. The predicted molar refractivity (Wildman–Crippen MR) is 127 cm³/mol. The Morgan fingerprint density at radius 3 is 2.47 bits per heavy atom. The van der Waals surface area contributed by atoms with Crippen molar-refractivity contribution in [2.45, 2.75) is 83.6 Å². The van der Waals surface area contributed by atoms with Gasteiger partial charge in [-0.15, -0.1) is 0 Å². The van der Waals surface area contributed by atoms with E-state index in [1.54, 1.807) is 0 Å². The van der Waals surface area contributed by atoms with E-state index in [0.29, 0.717) is 19.5 Å². The van der Waals surface area contributed by atoms with Gasteiger partial charge in [-0.25, -0.2) is 4.98 Å². The van der Waals surface area contributed by atoms with Crippen molar-refractivity contribution in [2.75, 3.05) is 19.6 Å². The minimum absolute atomic E-state index is 0.207. The number of likely N-dealkylation sites (tertiary alicyclic amines) is 1. The van der Waals surface area contributed by atoms with Crippen LogP contribution in [0.15, 0.2) is 24.3 Å². The van der Waals surface area contributed by atoms with Gasteiger partial charge in [0.1, 0.15) is 5.82 Å². The molecule has 6 nitrogen and oxygen atoms in total. The molecular formula is C26H38N4O2. The molecule has 1 saturated carbocycles. The number of fused-ring (bicyclic) bond motifs is 1. The number of carbonyl (C=O) groups excluding carboxylic acids is 2. The Bertz CT molecular complexity index is 892. The second-order valence-electron chi connectivity index (χ2n) is 9.44. The van der Waals surface area contributed by atoms with Gasteiger partial charge in [-0.05, 0) is 44.2 Å². The van der Waals surface area contributed by atoms with Crippen molar-refractivity contribution < 1.29 is 9.59 Å². The molecule has 1 aliphatic carbocycles. The van der Waals surface area contributed by atoms with Crippen molar-refractivity contribution in [3.63, 3.8) is 0 Å². The molecule has 0 atom stereocenters. The smallest absolute Gasteiger partial charge is 0.224 e. The molecule has 0 bridgehead atoms. The molecule has 2 aliphatic rings. The Morgan fingerprint density at radius 1 is 0.969 bits per heavy atom. The van der Waals surface area contributed by atoms with Gasteiger partial charge < -0.3 is 14.8 Å². The summed E-state index contributed by atoms with van der Waals surface area (Å²) in [7, 11) is 0. The number of amides is 2. The predicted octanol–water partition coefficient (Wildman–Crippen LogP) is 4.46. The molecule has 2 amide bonds. The van der Waals surface area contributed by atoms with Crippen LogP contribution >= 0.6 is 0 Å². The van der Waals surface area contributed by atoms with E-state index in [4.69, 9.17) is 4.98 Å². The first-order valence-corrected chi connectivity index (χ1v) is 12.7. The molecule has 1 aromatic heterocycles. The van der Waals surface area contributed by atoms with Crippen LogP contribution < -0.4 is 5.32 Å². The molecule has 0 radical (unpaired) electrons. The number of aromatic nitrogens is 2. The Hall–Kier alpha value is -2.37. The van der Waals surface area contributed by atoms with E-state index in [1.165, 1.54) is 32.1 Å². The van der Waals surface area contributed by atoms with E-state index in [1.807, 2.05) is 23.1 Å². The topological polar surface area (TPSA) is 67.2 Å². The molecule has 0 unspecified atom stereocenters. The first-order valence-electron chi connectivity index (χ1n) is 12.7. The zero-order chi connectivity index (χ0) is 22.2. The lowest BCUT2D eigenvalue weighted by Crippen LogP contribution is -2.33. The number of benzene rings is 1. The van der Waals surface area contributed by atoms with Gasteiger partial charge in [0.05, 0.1) is 11.0 Å². The van der Waals surface area contributed by atoms with Crippen molar-refractivity contribution in [1.82, 2.24) is 19.8 Å². The maximum Gasteiger partial charge on any atom is 0.224 e. The summed E-state index contributed by atoms with van der Waals surface area (Å²) < 4.78 is 2.22. The summed E-state index contributed by atoms with van der Waals surface area (Å²) in [6.45, 7) is 3.15. The third-order valence-electron chi connectivity index (χ3n) is 7.09. The molecule has 2 aromatic rings. The van der Waals surface area contributed by atoms with E-state index >= 15 is 0 Å². The third kappa shape index (κ3) is 5.90. The van der Waals surface area contributed by atoms with E-state index < -0.39 is 0 Å². The number of rotatable bonds is 8. The molecule has 1 N–H and O–H groups in total. The Kier molecular flexibility index (Phi) is 8.18. The van der Waals surface area contributed by atoms with Gasteiger partial charge in [-0.3, -0.25) is 9.59 Å². The Balaban J connectivity index is 1.33. The number of carbonyl (C=O) groups is 2. The zero-order valence-corrected chi connectivity index (χ0v) is 19.4. The minimum atomic E-state index is 0.207. The van der Waals surface area contributed by atoms with Crippen molar-refractivity contribution in [3.05, 3.63) is 30.1 Å². The quantitative estimate of drug-likeness (QED) is 0.619. The van der Waals surface area contributed by atoms with Crippen LogP contribution in [0.5, 0.6) is 0 Å². The van der Waals surface area contributed by atoms with Crippen LogP contribution in [0, 0.1) is 5.92 Å². The Labute approximate surface area is 191 Å². The van der Waals surface area contributed by atoms with Crippen LogP contribution in [0.25, 0.3) is 11.0 Å². The highest BCUT2D eigenvalue weighted by Gasteiger charge is 2.21. The summed E-state index contributed by atoms with van der Waals surface area (Å²) in [6, 6.07) is 8.17. The van der Waals surface area contributed by atoms with Gasteiger partial charge >= 0.3 is 0 Å². The molecular weight excluding hydrogens is 400 g/mol. The second kappa shape index (κ2) is 11.5. The molecule has 2 fully saturated rings. The van der Waals surface area contributed by atoms with Crippen molar-refractivity contribution >= 4 is 22.8 Å². The normalized spacial score (nSPS) is 17.9. The van der Waals surface area contributed by atoms with Gasteiger partial charge in [0.25, 0.3) is 0 Å². The molecule has 4 rings (SSSR count). The Morgan fingerprint density at radius 2 is 1.69 bits per heavy atom. The fraction of sp³-hybridized carbons (Fsp3) is 0.654. The fourth-order valence-electron chi connectivity index (χ4n) is 5.22. The lowest BCUT2D eigenvalue weighted by atomic mass is 9.89. The van der Waals surface area contributed by atoms with Crippen LogP contribution in [0.1, 0.15) is 76.5 Å². The highest BCUT2D eigenvalue weighted by Crippen LogP contribution is 2.23. The maximum absolute atomic E-state index is 12.8. The molecule has 32 heavy (non-hydrogen) atoms. The molecule has 1 aromatic carbocycles. The fourth-order valence-corrected chi connectivity index (χ4v) is 5.22. The molecule has 2 heterocycles. The van der Waals surface area contributed by atoms with Crippen molar-refractivity contribution in [2.24, 2.45) is 5.92 Å². The van der Waals surface area contributed by atoms with Crippen LogP contribution in [-0.4, -0.2) is 45.9 Å². The van der Waals surface area contributed by atoms with Gasteiger partial charge in [-0.2, -0.15) is 0 Å². The zero-order valence-electron chi connectivity index (χ0n) is 19.4. The summed E-state index contributed by atoms with van der Waals surface area (Å²) >= 11 is 0. The van der Waals surface area contributed by atoms with Crippen LogP contribution in [0.4, 0.5) is 0 Å². The largest absolute Gasteiger partial charge is 0.356 e. The molecule has 1 aliphatic heterocycles. The lowest BCUT2D eigenvalue weighted by Gasteiger charge is -2.21. The molecule has 174 valence electrons. The maximum atomic E-state index is 12.8. The summed E-state index contributed by atoms with van der Waals surface area (Å²) in [5.74, 6) is 1.71. The monoisotopic (exact) mass is 438 g/mol. The summed E-state index contributed by atoms with van der Waals surface area (Å²) in [6.07, 6.45) is 12.6. The second-order valence-corrected chi connectivity index (χ2v) is 9.44. The number of hydrogen-bond acceptors (Lipinski definition) is 3. The minimum Gasteiger partial charge on any atom is -0.356 e. The van der Waals surface area contributed by atoms with Gasteiger partial charge in [-0.1, -0.05) is 44.2 Å². The number of imidazole rings is 1. The molecule has 0 spiro atoms.